The molecule has 0 saturated carbocycles. The second-order valence-corrected chi connectivity index (χ2v) is 7.84. The summed E-state index contributed by atoms with van der Waals surface area (Å²) in [6.07, 6.45) is 1.43. The van der Waals surface area contributed by atoms with Crippen molar-refractivity contribution in [2.75, 3.05) is 33.6 Å². The van der Waals surface area contributed by atoms with E-state index in [1.165, 1.54) is 10.9 Å². The van der Waals surface area contributed by atoms with Crippen LogP contribution in [-0.4, -0.2) is 54.0 Å². The van der Waals surface area contributed by atoms with Gasteiger partial charge in [0.1, 0.15) is 17.7 Å². The van der Waals surface area contributed by atoms with E-state index < -0.39 is 0 Å². The number of nitrogens with zero attached hydrogens (tertiary/aromatic N) is 3. The zero-order valence-corrected chi connectivity index (χ0v) is 18.0. The Balaban J connectivity index is 1.91. The summed E-state index contributed by atoms with van der Waals surface area (Å²) in [5.74, 6) is 2.38. The molecule has 8 nitrogen and oxygen atoms in total. The van der Waals surface area contributed by atoms with Crippen molar-refractivity contribution in [1.29, 1.82) is 0 Å². The summed E-state index contributed by atoms with van der Waals surface area (Å²) in [6.45, 7) is 4.02. The molecule has 1 atom stereocenters. The van der Waals surface area contributed by atoms with Gasteiger partial charge < -0.3 is 19.1 Å². The van der Waals surface area contributed by atoms with Gasteiger partial charge in [0, 0.05) is 35.2 Å². The van der Waals surface area contributed by atoms with Crippen LogP contribution >= 0.6 is 11.8 Å². The van der Waals surface area contributed by atoms with Crippen molar-refractivity contribution in [3.8, 4) is 17.2 Å². The molecule has 1 amide bonds. The lowest BCUT2D eigenvalue weighted by Crippen LogP contribution is -2.37. The van der Waals surface area contributed by atoms with Gasteiger partial charge in [-0.15, -0.1) is 11.8 Å². The van der Waals surface area contributed by atoms with Crippen LogP contribution in [0.4, 0.5) is 0 Å². The number of methoxy groups -OCH3 is 3. The molecule has 0 aliphatic carbocycles. The number of thioether (sulfide) groups is 1. The van der Waals surface area contributed by atoms with E-state index in [0.717, 1.165) is 11.3 Å². The molecule has 1 saturated heterocycles. The number of carbonyl (C=O) groups excluding carboxylic acids is 1. The lowest BCUT2D eigenvalue weighted by Gasteiger charge is -2.26. The molecule has 0 bridgehead atoms. The maximum absolute atomic E-state index is 13.1. The minimum Gasteiger partial charge on any atom is -0.496 e. The molecule has 1 fully saturated rings. The van der Waals surface area contributed by atoms with Crippen molar-refractivity contribution >= 4 is 17.7 Å². The van der Waals surface area contributed by atoms with Gasteiger partial charge in [-0.05, 0) is 19.9 Å². The number of ether oxygens (including phenoxy) is 3. The molecule has 0 spiro atoms. The molecule has 1 unspecified atom stereocenters. The largest absolute Gasteiger partial charge is 0.496 e. The Kier molecular flexibility index (Phi) is 6.36. The van der Waals surface area contributed by atoms with Crippen LogP contribution in [0.5, 0.6) is 17.2 Å². The van der Waals surface area contributed by atoms with E-state index in [4.69, 9.17) is 14.2 Å². The number of aryl methyl sites for hydroxylation is 1. The maximum atomic E-state index is 13.1. The highest BCUT2D eigenvalue weighted by Crippen LogP contribution is 2.46. The third-order valence-corrected chi connectivity index (χ3v) is 6.28. The molecular weight excluding hydrogens is 394 g/mol. The molecule has 156 valence electrons. The van der Waals surface area contributed by atoms with E-state index in [-0.39, 0.29) is 23.4 Å². The summed E-state index contributed by atoms with van der Waals surface area (Å²) >= 11 is 1.64. The molecular formula is C20H25N3O5S. The Morgan fingerprint density at radius 1 is 1.14 bits per heavy atom. The lowest BCUT2D eigenvalue weighted by molar-refractivity contribution is -0.132. The van der Waals surface area contributed by atoms with Crippen molar-refractivity contribution in [2.45, 2.75) is 25.8 Å². The molecule has 2 aromatic rings. The van der Waals surface area contributed by atoms with Crippen LogP contribution in [-0.2, 0) is 11.3 Å². The first kappa shape index (κ1) is 21.0. The summed E-state index contributed by atoms with van der Waals surface area (Å²) < 4.78 is 17.7. The second kappa shape index (κ2) is 8.77. The van der Waals surface area contributed by atoms with E-state index in [0.29, 0.717) is 35.1 Å². The van der Waals surface area contributed by atoms with Crippen molar-refractivity contribution in [3.63, 3.8) is 0 Å². The van der Waals surface area contributed by atoms with Gasteiger partial charge in [-0.2, -0.15) is 0 Å². The van der Waals surface area contributed by atoms with Gasteiger partial charge >= 0.3 is 0 Å². The van der Waals surface area contributed by atoms with Crippen LogP contribution in [0.15, 0.2) is 23.3 Å². The number of hydrogen-bond acceptors (Lipinski definition) is 7. The van der Waals surface area contributed by atoms with Crippen LogP contribution < -0.4 is 19.8 Å². The van der Waals surface area contributed by atoms with Gasteiger partial charge in [0.25, 0.3) is 5.56 Å². The molecule has 0 N–H and O–H groups in total. The fourth-order valence-electron chi connectivity index (χ4n) is 3.25. The number of rotatable bonds is 6. The topological polar surface area (TPSA) is 82.9 Å². The van der Waals surface area contributed by atoms with E-state index >= 15 is 0 Å². The normalized spacial score (nSPS) is 16.0. The van der Waals surface area contributed by atoms with E-state index in [1.807, 2.05) is 6.07 Å². The minimum absolute atomic E-state index is 0.0559. The Morgan fingerprint density at radius 3 is 2.45 bits per heavy atom. The SMILES string of the molecule is COc1cc(OC)c(C2SCCN2C(=O)Cn2cnc(C)c(C)c2=O)cc1OC. The fraction of sp³-hybridized carbons (Fsp3) is 0.450. The molecule has 1 aliphatic heterocycles. The average Bonchev–Trinajstić information content (AvgIpc) is 3.22. The Bertz CT molecular complexity index is 975. The highest BCUT2D eigenvalue weighted by molar-refractivity contribution is 7.99. The first-order valence-electron chi connectivity index (χ1n) is 9.14. The molecule has 29 heavy (non-hydrogen) atoms. The monoisotopic (exact) mass is 419 g/mol. The summed E-state index contributed by atoms with van der Waals surface area (Å²) in [4.78, 5) is 31.5. The highest BCUT2D eigenvalue weighted by atomic mass is 32.2. The summed E-state index contributed by atoms with van der Waals surface area (Å²) in [5, 5.41) is -0.243. The molecule has 1 aromatic carbocycles. The summed E-state index contributed by atoms with van der Waals surface area (Å²) in [6, 6.07) is 3.60. The molecule has 9 heteroatoms. The van der Waals surface area contributed by atoms with E-state index in [2.05, 4.69) is 4.98 Å². The van der Waals surface area contributed by atoms with Crippen LogP contribution in [0.3, 0.4) is 0 Å². The molecule has 1 aliphatic rings. The van der Waals surface area contributed by atoms with E-state index in [9.17, 15) is 9.59 Å². The Hall–Kier alpha value is -2.68. The predicted molar refractivity (Wildman–Crippen MR) is 111 cm³/mol. The van der Waals surface area contributed by atoms with Gasteiger partial charge in [0.05, 0.1) is 27.7 Å². The van der Waals surface area contributed by atoms with Crippen LogP contribution in [0.25, 0.3) is 0 Å². The van der Waals surface area contributed by atoms with Crippen LogP contribution in [0.1, 0.15) is 22.2 Å². The van der Waals surface area contributed by atoms with Gasteiger partial charge in [-0.25, -0.2) is 4.98 Å². The smallest absolute Gasteiger partial charge is 0.256 e. The molecule has 1 aromatic heterocycles. The first-order valence-corrected chi connectivity index (χ1v) is 10.2. The molecule has 3 rings (SSSR count). The van der Waals surface area contributed by atoms with E-state index in [1.54, 1.807) is 57.9 Å². The zero-order chi connectivity index (χ0) is 21.1. The van der Waals surface area contributed by atoms with Gasteiger partial charge in [0.2, 0.25) is 5.91 Å². The Morgan fingerprint density at radius 2 is 1.79 bits per heavy atom. The second-order valence-electron chi connectivity index (χ2n) is 6.65. The molecule has 0 radical (unpaired) electrons. The van der Waals surface area contributed by atoms with Gasteiger partial charge in [0.15, 0.2) is 11.5 Å². The van der Waals surface area contributed by atoms with Crippen LogP contribution in [0.2, 0.25) is 0 Å². The first-order chi connectivity index (χ1) is 13.9. The lowest BCUT2D eigenvalue weighted by atomic mass is 10.1. The quantitative estimate of drug-likeness (QED) is 0.710. The summed E-state index contributed by atoms with van der Waals surface area (Å²) in [7, 11) is 4.71. The fourth-order valence-corrected chi connectivity index (χ4v) is 4.55. The highest BCUT2D eigenvalue weighted by Gasteiger charge is 2.33. The summed E-state index contributed by atoms with van der Waals surface area (Å²) in [5.41, 5.74) is 1.85. The van der Waals surface area contributed by atoms with Crippen molar-refractivity contribution in [2.24, 2.45) is 0 Å². The zero-order valence-electron chi connectivity index (χ0n) is 17.2. The number of aromatic nitrogens is 2. The predicted octanol–water partition coefficient (Wildman–Crippen LogP) is 2.16. The number of carbonyl (C=O) groups is 1. The number of hydrogen-bond donors (Lipinski definition) is 0. The van der Waals surface area contributed by atoms with Crippen LogP contribution in [0, 0.1) is 13.8 Å². The van der Waals surface area contributed by atoms with Gasteiger partial charge in [-0.3, -0.25) is 14.2 Å². The Labute approximate surface area is 173 Å². The minimum atomic E-state index is -0.243. The average molecular weight is 420 g/mol. The third-order valence-electron chi connectivity index (χ3n) is 5.03. The standard InChI is InChI=1S/C20H25N3O5S/c1-12-13(2)21-11-22(19(12)25)10-18(24)23-6-7-29-20(23)14-8-16(27-4)17(28-5)9-15(14)26-3/h8-9,11,20H,6-7,10H2,1-5H3. The maximum Gasteiger partial charge on any atom is 0.256 e. The number of benzene rings is 1. The third kappa shape index (κ3) is 4.05. The molecule has 2 heterocycles. The van der Waals surface area contributed by atoms with Crippen molar-refractivity contribution < 1.29 is 19.0 Å². The van der Waals surface area contributed by atoms with Gasteiger partial charge in [-0.1, -0.05) is 0 Å². The van der Waals surface area contributed by atoms with Crippen molar-refractivity contribution in [3.05, 3.63) is 45.6 Å². The number of amides is 1. The van der Waals surface area contributed by atoms with Crippen molar-refractivity contribution in [1.82, 2.24) is 14.5 Å².